The Morgan fingerprint density at radius 2 is 1.86 bits per heavy atom. The molecule has 1 aliphatic heterocycles. The molecular formula is C15H18ClN3O2S. The van der Waals surface area contributed by atoms with Crippen LogP contribution in [0.15, 0.2) is 24.4 Å². The van der Waals surface area contributed by atoms with Crippen LogP contribution in [0.5, 0.6) is 0 Å². The number of nitrogens with one attached hydrogen (secondary N) is 1. The van der Waals surface area contributed by atoms with Gasteiger partial charge in [-0.05, 0) is 31.0 Å². The Hall–Kier alpha value is -1.24. The van der Waals surface area contributed by atoms with Crippen molar-refractivity contribution < 1.29 is 8.42 Å². The monoisotopic (exact) mass is 339 g/mol. The van der Waals surface area contributed by atoms with E-state index in [1.54, 1.807) is 4.31 Å². The summed E-state index contributed by atoms with van der Waals surface area (Å²) in [5.41, 5.74) is 2.09. The van der Waals surface area contributed by atoms with Crippen LogP contribution >= 0.6 is 11.6 Å². The number of aromatic amines is 1. The molecule has 0 spiro atoms. The first-order valence-corrected chi connectivity index (χ1v) is 9.44. The SMILES string of the molecule is O=S(=O)(C1CC1)N1CCN(c2cc(Cl)cc3[nH]ccc23)CC1. The highest BCUT2D eigenvalue weighted by molar-refractivity contribution is 7.90. The molecule has 1 saturated carbocycles. The molecule has 22 heavy (non-hydrogen) atoms. The Balaban J connectivity index is 1.57. The normalized spacial score (nSPS) is 20.7. The highest BCUT2D eigenvalue weighted by atomic mass is 35.5. The second-order valence-electron chi connectivity index (χ2n) is 5.99. The van der Waals surface area contributed by atoms with Gasteiger partial charge in [-0.3, -0.25) is 0 Å². The number of halogens is 1. The predicted molar refractivity (Wildman–Crippen MR) is 89.0 cm³/mol. The number of rotatable bonds is 3. The average Bonchev–Trinajstić information content (AvgIpc) is 3.27. The smallest absolute Gasteiger partial charge is 0.217 e. The van der Waals surface area contributed by atoms with Gasteiger partial charge in [0.2, 0.25) is 10.0 Å². The van der Waals surface area contributed by atoms with Crippen LogP contribution in [0.3, 0.4) is 0 Å². The fourth-order valence-electron chi connectivity index (χ4n) is 3.13. The molecule has 1 N–H and O–H groups in total. The first-order valence-electron chi connectivity index (χ1n) is 7.56. The molecular weight excluding hydrogens is 322 g/mol. The molecule has 2 aromatic rings. The van der Waals surface area contributed by atoms with Crippen LogP contribution in [0.25, 0.3) is 10.9 Å². The van der Waals surface area contributed by atoms with E-state index in [1.807, 2.05) is 24.4 Å². The lowest BCUT2D eigenvalue weighted by Crippen LogP contribution is -2.49. The average molecular weight is 340 g/mol. The number of hydrogen-bond acceptors (Lipinski definition) is 3. The summed E-state index contributed by atoms with van der Waals surface area (Å²) >= 11 is 6.20. The Labute approximate surface area is 134 Å². The van der Waals surface area contributed by atoms with Crippen molar-refractivity contribution in [1.82, 2.24) is 9.29 Å². The Bertz CT molecular complexity index is 805. The van der Waals surface area contributed by atoms with Gasteiger partial charge in [0.05, 0.1) is 5.25 Å². The van der Waals surface area contributed by atoms with E-state index in [-0.39, 0.29) is 5.25 Å². The number of H-pyrrole nitrogens is 1. The van der Waals surface area contributed by atoms with Gasteiger partial charge in [-0.1, -0.05) is 11.6 Å². The number of piperazine rings is 1. The summed E-state index contributed by atoms with van der Waals surface area (Å²) in [7, 11) is -3.06. The molecule has 1 aromatic carbocycles. The standard InChI is InChI=1S/C15H18ClN3O2S/c16-11-9-14-13(3-4-17-14)15(10-11)18-5-7-19(8-6-18)22(20,21)12-1-2-12/h3-4,9-10,12,17H,1-2,5-8H2. The summed E-state index contributed by atoms with van der Waals surface area (Å²) in [6.07, 6.45) is 3.54. The van der Waals surface area contributed by atoms with E-state index < -0.39 is 10.0 Å². The quantitative estimate of drug-likeness (QED) is 0.934. The summed E-state index contributed by atoms with van der Waals surface area (Å²) < 4.78 is 26.2. The molecule has 0 bridgehead atoms. The zero-order valence-corrected chi connectivity index (χ0v) is 13.7. The third-order valence-corrected chi connectivity index (χ3v) is 7.11. The maximum absolute atomic E-state index is 12.3. The summed E-state index contributed by atoms with van der Waals surface area (Å²) in [5, 5.41) is 1.70. The molecule has 2 aliphatic rings. The van der Waals surface area contributed by atoms with Gasteiger partial charge in [-0.15, -0.1) is 0 Å². The minimum atomic E-state index is -3.06. The number of nitrogens with zero attached hydrogens (tertiary/aromatic N) is 2. The number of benzene rings is 1. The molecule has 118 valence electrons. The minimum absolute atomic E-state index is 0.124. The van der Waals surface area contributed by atoms with E-state index in [1.165, 1.54) is 0 Å². The maximum atomic E-state index is 12.3. The fraction of sp³-hybridized carbons (Fsp3) is 0.467. The maximum Gasteiger partial charge on any atom is 0.217 e. The topological polar surface area (TPSA) is 56.4 Å². The lowest BCUT2D eigenvalue weighted by Gasteiger charge is -2.35. The van der Waals surface area contributed by atoms with Gasteiger partial charge in [0.15, 0.2) is 0 Å². The molecule has 2 fully saturated rings. The lowest BCUT2D eigenvalue weighted by molar-refractivity contribution is 0.384. The van der Waals surface area contributed by atoms with E-state index in [0.29, 0.717) is 31.2 Å². The Morgan fingerprint density at radius 1 is 1.14 bits per heavy atom. The Kier molecular flexibility index (Phi) is 3.36. The zero-order valence-electron chi connectivity index (χ0n) is 12.1. The third kappa shape index (κ3) is 2.39. The minimum Gasteiger partial charge on any atom is -0.368 e. The highest BCUT2D eigenvalue weighted by Crippen LogP contribution is 2.34. The largest absolute Gasteiger partial charge is 0.368 e. The van der Waals surface area contributed by atoms with E-state index in [2.05, 4.69) is 9.88 Å². The second-order valence-corrected chi connectivity index (χ2v) is 8.64. The van der Waals surface area contributed by atoms with E-state index >= 15 is 0 Å². The van der Waals surface area contributed by atoms with Gasteiger partial charge in [0, 0.05) is 54.0 Å². The van der Waals surface area contributed by atoms with Gasteiger partial charge in [-0.2, -0.15) is 4.31 Å². The molecule has 1 saturated heterocycles. The molecule has 5 nitrogen and oxygen atoms in total. The van der Waals surface area contributed by atoms with Gasteiger partial charge in [0.25, 0.3) is 0 Å². The van der Waals surface area contributed by atoms with Crippen molar-refractivity contribution in [3.8, 4) is 0 Å². The first-order chi connectivity index (χ1) is 10.6. The van der Waals surface area contributed by atoms with Crippen LogP contribution in [-0.4, -0.2) is 49.1 Å². The summed E-state index contributed by atoms with van der Waals surface area (Å²) in [6.45, 7) is 2.51. The van der Waals surface area contributed by atoms with Crippen molar-refractivity contribution in [2.24, 2.45) is 0 Å². The van der Waals surface area contributed by atoms with Crippen LogP contribution in [-0.2, 0) is 10.0 Å². The molecule has 0 atom stereocenters. The fourth-order valence-corrected chi connectivity index (χ4v) is 5.17. The van der Waals surface area contributed by atoms with Gasteiger partial charge in [-0.25, -0.2) is 8.42 Å². The van der Waals surface area contributed by atoms with Crippen LogP contribution in [0.4, 0.5) is 5.69 Å². The van der Waals surface area contributed by atoms with Crippen LogP contribution in [0.2, 0.25) is 5.02 Å². The van der Waals surface area contributed by atoms with Gasteiger partial charge >= 0.3 is 0 Å². The molecule has 0 radical (unpaired) electrons. The third-order valence-electron chi connectivity index (χ3n) is 4.50. The second kappa shape index (κ2) is 5.15. The van der Waals surface area contributed by atoms with Crippen molar-refractivity contribution in [2.75, 3.05) is 31.1 Å². The van der Waals surface area contributed by atoms with Crippen molar-refractivity contribution in [1.29, 1.82) is 0 Å². The molecule has 0 unspecified atom stereocenters. The van der Waals surface area contributed by atoms with Crippen molar-refractivity contribution in [3.63, 3.8) is 0 Å². The van der Waals surface area contributed by atoms with Gasteiger partial charge in [0.1, 0.15) is 0 Å². The Morgan fingerprint density at radius 3 is 2.55 bits per heavy atom. The van der Waals surface area contributed by atoms with E-state index in [4.69, 9.17) is 11.6 Å². The number of anilines is 1. The van der Waals surface area contributed by atoms with Crippen molar-refractivity contribution >= 4 is 38.2 Å². The predicted octanol–water partition coefficient (Wildman–Crippen LogP) is 2.44. The van der Waals surface area contributed by atoms with Crippen molar-refractivity contribution in [3.05, 3.63) is 29.4 Å². The molecule has 2 heterocycles. The lowest BCUT2D eigenvalue weighted by atomic mass is 10.2. The van der Waals surface area contributed by atoms with E-state index in [9.17, 15) is 8.42 Å². The first kappa shape index (κ1) is 14.4. The van der Waals surface area contributed by atoms with Crippen LogP contribution < -0.4 is 4.90 Å². The number of hydrogen-bond donors (Lipinski definition) is 1. The number of aromatic nitrogens is 1. The summed E-state index contributed by atoms with van der Waals surface area (Å²) in [5.74, 6) is 0. The summed E-state index contributed by atoms with van der Waals surface area (Å²) in [4.78, 5) is 5.40. The number of sulfonamides is 1. The molecule has 0 amide bonds. The van der Waals surface area contributed by atoms with Gasteiger partial charge < -0.3 is 9.88 Å². The zero-order chi connectivity index (χ0) is 15.3. The molecule has 4 rings (SSSR count). The van der Waals surface area contributed by atoms with E-state index in [0.717, 1.165) is 29.4 Å². The number of fused-ring (bicyclic) bond motifs is 1. The highest BCUT2D eigenvalue weighted by Gasteiger charge is 2.41. The van der Waals surface area contributed by atoms with Crippen LogP contribution in [0, 0.1) is 0 Å². The molecule has 1 aromatic heterocycles. The molecule has 1 aliphatic carbocycles. The van der Waals surface area contributed by atoms with Crippen molar-refractivity contribution in [2.45, 2.75) is 18.1 Å². The van der Waals surface area contributed by atoms with Crippen LogP contribution in [0.1, 0.15) is 12.8 Å². The molecule has 7 heteroatoms. The summed E-state index contributed by atoms with van der Waals surface area (Å²) in [6, 6.07) is 5.91.